The number of unbranched alkanes of at least 4 members (excludes halogenated alkanes) is 4. The predicted octanol–water partition coefficient (Wildman–Crippen LogP) is 5.41. The van der Waals surface area contributed by atoms with E-state index in [1.165, 1.54) is 44.6 Å². The zero-order valence-corrected chi connectivity index (χ0v) is 14.0. The Kier molecular flexibility index (Phi) is 8.64. The van der Waals surface area contributed by atoms with Gasteiger partial charge in [-0.15, -0.1) is 0 Å². The number of benzene rings is 1. The molecule has 22 heavy (non-hydrogen) atoms. The van der Waals surface area contributed by atoms with Gasteiger partial charge in [-0.05, 0) is 24.0 Å². The number of aromatic hydroxyl groups is 1. The lowest BCUT2D eigenvalue weighted by atomic mass is 9.88. The summed E-state index contributed by atoms with van der Waals surface area (Å²) >= 11 is 0. The SMILES string of the molecule is CCCCCCC(CCCC)Cc1cccc(C(=O)O)c1O. The van der Waals surface area contributed by atoms with Crippen LogP contribution in [0, 0.1) is 5.92 Å². The summed E-state index contributed by atoms with van der Waals surface area (Å²) in [6, 6.07) is 5.04. The second-order valence-corrected chi connectivity index (χ2v) is 6.18. The standard InChI is InChI=1S/C19H30O3/c1-3-5-7-8-11-15(10-6-4-2)14-16-12-9-13-17(18(16)20)19(21)22/h9,12-13,15,20H,3-8,10-11,14H2,1-2H3,(H,21,22). The third-order valence-corrected chi connectivity index (χ3v) is 4.29. The van der Waals surface area contributed by atoms with Gasteiger partial charge in [0, 0.05) is 0 Å². The molecule has 0 aromatic heterocycles. The second kappa shape index (κ2) is 10.3. The number of carbonyl (C=O) groups is 1. The van der Waals surface area contributed by atoms with E-state index in [1.54, 1.807) is 6.07 Å². The first-order valence-electron chi connectivity index (χ1n) is 8.64. The van der Waals surface area contributed by atoms with Crippen molar-refractivity contribution in [1.82, 2.24) is 0 Å². The molecule has 1 aromatic carbocycles. The van der Waals surface area contributed by atoms with Crippen molar-refractivity contribution in [3.05, 3.63) is 29.3 Å². The van der Waals surface area contributed by atoms with Crippen molar-refractivity contribution in [1.29, 1.82) is 0 Å². The molecule has 0 bridgehead atoms. The average Bonchev–Trinajstić information content (AvgIpc) is 2.50. The maximum Gasteiger partial charge on any atom is 0.339 e. The number of hydrogen-bond acceptors (Lipinski definition) is 2. The molecule has 2 N–H and O–H groups in total. The highest BCUT2D eigenvalue weighted by Crippen LogP contribution is 2.29. The van der Waals surface area contributed by atoms with E-state index in [1.807, 2.05) is 6.07 Å². The van der Waals surface area contributed by atoms with Gasteiger partial charge in [0.15, 0.2) is 0 Å². The number of aromatic carboxylic acids is 1. The lowest BCUT2D eigenvalue weighted by Crippen LogP contribution is -2.07. The monoisotopic (exact) mass is 306 g/mol. The molecule has 0 heterocycles. The molecule has 3 heteroatoms. The molecule has 1 atom stereocenters. The van der Waals surface area contributed by atoms with Gasteiger partial charge >= 0.3 is 5.97 Å². The molecule has 1 rings (SSSR count). The van der Waals surface area contributed by atoms with Crippen molar-refractivity contribution in [2.75, 3.05) is 0 Å². The van der Waals surface area contributed by atoms with E-state index in [2.05, 4.69) is 13.8 Å². The zero-order chi connectivity index (χ0) is 16.4. The van der Waals surface area contributed by atoms with Gasteiger partial charge in [-0.2, -0.15) is 0 Å². The topological polar surface area (TPSA) is 57.5 Å². The highest BCUT2D eigenvalue weighted by molar-refractivity contribution is 5.91. The first-order valence-corrected chi connectivity index (χ1v) is 8.64. The summed E-state index contributed by atoms with van der Waals surface area (Å²) in [5, 5.41) is 19.3. The van der Waals surface area contributed by atoms with Crippen LogP contribution < -0.4 is 0 Å². The van der Waals surface area contributed by atoms with Crippen LogP contribution in [0.4, 0.5) is 0 Å². The minimum Gasteiger partial charge on any atom is -0.507 e. The smallest absolute Gasteiger partial charge is 0.339 e. The highest BCUT2D eigenvalue weighted by Gasteiger charge is 2.16. The Morgan fingerprint density at radius 2 is 1.73 bits per heavy atom. The van der Waals surface area contributed by atoms with E-state index in [0.717, 1.165) is 24.8 Å². The summed E-state index contributed by atoms with van der Waals surface area (Å²) in [4.78, 5) is 11.1. The van der Waals surface area contributed by atoms with Crippen LogP contribution in [0.5, 0.6) is 5.75 Å². The Balaban J connectivity index is 2.71. The fraction of sp³-hybridized carbons (Fsp3) is 0.632. The van der Waals surface area contributed by atoms with Crippen LogP contribution in [0.1, 0.15) is 81.1 Å². The number of hydrogen-bond donors (Lipinski definition) is 2. The van der Waals surface area contributed by atoms with Gasteiger partial charge < -0.3 is 10.2 Å². The summed E-state index contributed by atoms with van der Waals surface area (Å²) in [6.45, 7) is 4.40. The summed E-state index contributed by atoms with van der Waals surface area (Å²) in [6.07, 6.45) is 10.5. The van der Waals surface area contributed by atoms with Crippen LogP contribution in [0.2, 0.25) is 0 Å². The Morgan fingerprint density at radius 1 is 1.05 bits per heavy atom. The van der Waals surface area contributed by atoms with Crippen molar-refractivity contribution in [2.24, 2.45) is 5.92 Å². The molecular weight excluding hydrogens is 276 g/mol. The Morgan fingerprint density at radius 3 is 2.36 bits per heavy atom. The molecule has 0 aliphatic heterocycles. The summed E-state index contributed by atoms with van der Waals surface area (Å²) in [5.74, 6) is -0.579. The van der Waals surface area contributed by atoms with Crippen molar-refractivity contribution >= 4 is 5.97 Å². The number of carboxylic acids is 1. The maximum atomic E-state index is 11.1. The van der Waals surface area contributed by atoms with E-state index in [9.17, 15) is 9.90 Å². The Labute approximate surface area is 134 Å². The Hall–Kier alpha value is -1.51. The molecule has 0 radical (unpaired) electrons. The van der Waals surface area contributed by atoms with Gasteiger partial charge in [-0.1, -0.05) is 77.3 Å². The first kappa shape index (κ1) is 18.5. The molecule has 0 aliphatic carbocycles. The van der Waals surface area contributed by atoms with E-state index in [4.69, 9.17) is 5.11 Å². The third kappa shape index (κ3) is 6.08. The van der Waals surface area contributed by atoms with Crippen molar-refractivity contribution in [2.45, 2.75) is 71.6 Å². The summed E-state index contributed by atoms with van der Waals surface area (Å²) in [7, 11) is 0. The molecule has 0 saturated heterocycles. The molecule has 0 amide bonds. The first-order chi connectivity index (χ1) is 10.6. The summed E-state index contributed by atoms with van der Waals surface area (Å²) in [5.41, 5.74) is 0.786. The van der Waals surface area contributed by atoms with Crippen molar-refractivity contribution < 1.29 is 15.0 Å². The molecule has 124 valence electrons. The molecule has 0 fully saturated rings. The van der Waals surface area contributed by atoms with Gasteiger partial charge in [-0.3, -0.25) is 0 Å². The quantitative estimate of drug-likeness (QED) is 0.537. The maximum absolute atomic E-state index is 11.1. The normalized spacial score (nSPS) is 12.3. The number of carboxylic acid groups (broad SMARTS) is 1. The molecular formula is C19H30O3. The van der Waals surface area contributed by atoms with Crippen LogP contribution in [-0.2, 0) is 6.42 Å². The lowest BCUT2D eigenvalue weighted by Gasteiger charge is -2.18. The average molecular weight is 306 g/mol. The van der Waals surface area contributed by atoms with Gasteiger partial charge in [0.25, 0.3) is 0 Å². The number of rotatable bonds is 11. The largest absolute Gasteiger partial charge is 0.507 e. The van der Waals surface area contributed by atoms with E-state index >= 15 is 0 Å². The molecule has 1 aromatic rings. The van der Waals surface area contributed by atoms with Crippen LogP contribution in [0.25, 0.3) is 0 Å². The second-order valence-electron chi connectivity index (χ2n) is 6.18. The lowest BCUT2D eigenvalue weighted by molar-refractivity contribution is 0.0693. The fourth-order valence-electron chi connectivity index (χ4n) is 2.94. The van der Waals surface area contributed by atoms with E-state index in [-0.39, 0.29) is 11.3 Å². The van der Waals surface area contributed by atoms with Crippen molar-refractivity contribution in [3.8, 4) is 5.75 Å². The molecule has 3 nitrogen and oxygen atoms in total. The van der Waals surface area contributed by atoms with Crippen LogP contribution in [0.15, 0.2) is 18.2 Å². The van der Waals surface area contributed by atoms with E-state index in [0.29, 0.717) is 5.92 Å². The van der Waals surface area contributed by atoms with Crippen molar-refractivity contribution in [3.63, 3.8) is 0 Å². The zero-order valence-electron chi connectivity index (χ0n) is 14.0. The molecule has 0 spiro atoms. The van der Waals surface area contributed by atoms with Gasteiger partial charge in [0.2, 0.25) is 0 Å². The minimum absolute atomic E-state index is 0.0118. The van der Waals surface area contributed by atoms with Gasteiger partial charge in [0.05, 0.1) is 0 Å². The minimum atomic E-state index is -1.06. The molecule has 1 unspecified atom stereocenters. The predicted molar refractivity (Wildman–Crippen MR) is 90.5 cm³/mol. The van der Waals surface area contributed by atoms with E-state index < -0.39 is 5.97 Å². The molecule has 0 saturated carbocycles. The van der Waals surface area contributed by atoms with Crippen LogP contribution in [0.3, 0.4) is 0 Å². The molecule has 0 aliphatic rings. The van der Waals surface area contributed by atoms with Gasteiger partial charge in [-0.25, -0.2) is 4.79 Å². The van der Waals surface area contributed by atoms with Crippen LogP contribution in [-0.4, -0.2) is 16.2 Å². The highest BCUT2D eigenvalue weighted by atomic mass is 16.4. The van der Waals surface area contributed by atoms with Crippen LogP contribution >= 0.6 is 0 Å². The number of phenols is 1. The third-order valence-electron chi connectivity index (χ3n) is 4.29. The number of para-hydroxylation sites is 1. The summed E-state index contributed by atoms with van der Waals surface area (Å²) < 4.78 is 0. The van der Waals surface area contributed by atoms with Gasteiger partial charge in [0.1, 0.15) is 11.3 Å². The Bertz CT molecular complexity index is 454. The fourth-order valence-corrected chi connectivity index (χ4v) is 2.94.